The molecule has 1 rings (SSSR count). The normalized spacial score (nSPS) is 22.9. The first-order valence-electron chi connectivity index (χ1n) is 8.28. The van der Waals surface area contributed by atoms with Crippen LogP contribution < -0.4 is 5.32 Å². The average Bonchev–Trinajstić information content (AvgIpc) is 2.42. The minimum Gasteiger partial charge on any atom is -0.374 e. The number of likely N-dealkylation sites (N-methyl/N-ethyl adjacent to an activating group) is 1. The number of morpholine rings is 1. The van der Waals surface area contributed by atoms with Gasteiger partial charge in [-0.3, -0.25) is 4.90 Å². The van der Waals surface area contributed by atoms with Crippen LogP contribution in [0.15, 0.2) is 0 Å². The van der Waals surface area contributed by atoms with Gasteiger partial charge < -0.3 is 10.1 Å². The van der Waals surface area contributed by atoms with Crippen molar-refractivity contribution < 1.29 is 4.74 Å². The Balaban J connectivity index is 2.40. The number of rotatable bonds is 9. The van der Waals surface area contributed by atoms with Gasteiger partial charge in [0.1, 0.15) is 0 Å². The zero-order chi connectivity index (χ0) is 14.1. The fourth-order valence-corrected chi connectivity index (χ4v) is 2.88. The lowest BCUT2D eigenvalue weighted by molar-refractivity contribution is -0.0565. The van der Waals surface area contributed by atoms with Crippen LogP contribution in [0.5, 0.6) is 0 Å². The summed E-state index contributed by atoms with van der Waals surface area (Å²) in [6.45, 7) is 13.1. The molecule has 0 saturated carbocycles. The van der Waals surface area contributed by atoms with Crippen molar-refractivity contribution in [1.29, 1.82) is 0 Å². The first-order valence-corrected chi connectivity index (χ1v) is 8.28. The number of hydrogen-bond donors (Lipinski definition) is 1. The monoisotopic (exact) mass is 270 g/mol. The largest absolute Gasteiger partial charge is 0.374 e. The Morgan fingerprint density at radius 3 is 2.63 bits per heavy atom. The Morgan fingerprint density at radius 1 is 1.21 bits per heavy atom. The van der Waals surface area contributed by atoms with E-state index in [1.54, 1.807) is 0 Å². The number of nitrogens with one attached hydrogen (secondary N) is 1. The molecule has 0 aromatic heterocycles. The molecule has 0 bridgehead atoms. The van der Waals surface area contributed by atoms with Gasteiger partial charge in [-0.1, -0.05) is 39.5 Å². The van der Waals surface area contributed by atoms with Gasteiger partial charge in [0.05, 0.1) is 12.7 Å². The Hall–Kier alpha value is -0.120. The van der Waals surface area contributed by atoms with Crippen molar-refractivity contribution in [2.45, 2.75) is 78.0 Å². The highest BCUT2D eigenvalue weighted by atomic mass is 16.5. The van der Waals surface area contributed by atoms with Crippen LogP contribution in [0, 0.1) is 0 Å². The first kappa shape index (κ1) is 16.9. The number of unbranched alkanes of at least 4 members (excludes halogenated alkanes) is 3. The van der Waals surface area contributed by atoms with Gasteiger partial charge in [0.15, 0.2) is 0 Å². The molecule has 1 saturated heterocycles. The van der Waals surface area contributed by atoms with Crippen LogP contribution in [-0.2, 0) is 4.74 Å². The third-order valence-electron chi connectivity index (χ3n) is 4.14. The molecule has 1 N–H and O–H groups in total. The Labute approximate surface area is 120 Å². The molecule has 1 aliphatic rings. The third kappa shape index (κ3) is 6.24. The van der Waals surface area contributed by atoms with E-state index in [2.05, 4.69) is 37.9 Å². The Kier molecular flexibility index (Phi) is 8.67. The van der Waals surface area contributed by atoms with E-state index < -0.39 is 0 Å². The van der Waals surface area contributed by atoms with Crippen LogP contribution >= 0.6 is 0 Å². The molecule has 2 unspecified atom stereocenters. The summed E-state index contributed by atoms with van der Waals surface area (Å²) in [5.41, 5.74) is 0. The van der Waals surface area contributed by atoms with E-state index in [1.807, 2.05) is 0 Å². The SMILES string of the molecule is CCCCCCC(NCC)C1CN(C(C)C)CCO1. The van der Waals surface area contributed by atoms with Gasteiger partial charge in [0.2, 0.25) is 0 Å². The van der Waals surface area contributed by atoms with E-state index in [4.69, 9.17) is 4.74 Å². The summed E-state index contributed by atoms with van der Waals surface area (Å²) in [6, 6.07) is 1.16. The topological polar surface area (TPSA) is 24.5 Å². The minimum absolute atomic E-state index is 0.373. The molecule has 3 nitrogen and oxygen atoms in total. The molecule has 2 atom stereocenters. The molecule has 114 valence electrons. The zero-order valence-electron chi connectivity index (χ0n) is 13.5. The molecule has 1 fully saturated rings. The van der Waals surface area contributed by atoms with Crippen molar-refractivity contribution >= 4 is 0 Å². The van der Waals surface area contributed by atoms with Crippen LogP contribution in [0.4, 0.5) is 0 Å². The molecule has 19 heavy (non-hydrogen) atoms. The summed E-state index contributed by atoms with van der Waals surface area (Å²) in [5, 5.41) is 3.64. The predicted molar refractivity (Wildman–Crippen MR) is 82.7 cm³/mol. The smallest absolute Gasteiger partial charge is 0.0855 e. The minimum atomic E-state index is 0.373. The molecule has 0 aromatic carbocycles. The van der Waals surface area contributed by atoms with Crippen molar-refractivity contribution in [3.8, 4) is 0 Å². The maximum atomic E-state index is 6.03. The number of ether oxygens (including phenoxy) is 1. The summed E-state index contributed by atoms with van der Waals surface area (Å²) in [6.07, 6.45) is 6.99. The summed E-state index contributed by atoms with van der Waals surface area (Å²) < 4.78 is 6.03. The second-order valence-corrected chi connectivity index (χ2v) is 6.01. The van der Waals surface area contributed by atoms with E-state index in [0.29, 0.717) is 18.2 Å². The first-order chi connectivity index (χ1) is 9.19. The average molecular weight is 270 g/mol. The van der Waals surface area contributed by atoms with Crippen molar-refractivity contribution in [2.24, 2.45) is 0 Å². The highest BCUT2D eigenvalue weighted by molar-refractivity contribution is 4.84. The highest BCUT2D eigenvalue weighted by Gasteiger charge is 2.28. The molecule has 0 aliphatic carbocycles. The lowest BCUT2D eigenvalue weighted by Crippen LogP contribution is -2.53. The Bertz CT molecular complexity index is 221. The van der Waals surface area contributed by atoms with Gasteiger partial charge in [-0.25, -0.2) is 0 Å². The third-order valence-corrected chi connectivity index (χ3v) is 4.14. The van der Waals surface area contributed by atoms with E-state index in [1.165, 1.54) is 32.1 Å². The lowest BCUT2D eigenvalue weighted by atomic mass is 10.0. The summed E-state index contributed by atoms with van der Waals surface area (Å²) >= 11 is 0. The highest BCUT2D eigenvalue weighted by Crippen LogP contribution is 2.16. The second-order valence-electron chi connectivity index (χ2n) is 6.01. The van der Waals surface area contributed by atoms with Crippen LogP contribution in [0.1, 0.15) is 59.8 Å². The molecule has 0 aromatic rings. The quantitative estimate of drug-likeness (QED) is 0.652. The van der Waals surface area contributed by atoms with Crippen molar-refractivity contribution in [3.05, 3.63) is 0 Å². The standard InChI is InChI=1S/C16H34N2O/c1-5-7-8-9-10-15(17-6-2)16-13-18(14(3)4)11-12-19-16/h14-17H,5-13H2,1-4H3. The second kappa shape index (κ2) is 9.73. The molecular weight excluding hydrogens is 236 g/mol. The molecule has 0 radical (unpaired) electrons. The summed E-state index contributed by atoms with van der Waals surface area (Å²) in [4.78, 5) is 2.55. The van der Waals surface area contributed by atoms with Gasteiger partial charge in [0, 0.05) is 25.2 Å². The van der Waals surface area contributed by atoms with Gasteiger partial charge in [-0.2, -0.15) is 0 Å². The van der Waals surface area contributed by atoms with E-state index in [0.717, 1.165) is 26.2 Å². The van der Waals surface area contributed by atoms with Crippen LogP contribution in [0.3, 0.4) is 0 Å². The van der Waals surface area contributed by atoms with Gasteiger partial charge >= 0.3 is 0 Å². The fraction of sp³-hybridized carbons (Fsp3) is 1.00. The van der Waals surface area contributed by atoms with Gasteiger partial charge in [-0.15, -0.1) is 0 Å². The molecule has 1 heterocycles. The van der Waals surface area contributed by atoms with E-state index in [9.17, 15) is 0 Å². The maximum Gasteiger partial charge on any atom is 0.0855 e. The number of nitrogens with zero attached hydrogens (tertiary/aromatic N) is 1. The molecule has 0 amide bonds. The van der Waals surface area contributed by atoms with Gasteiger partial charge in [0.25, 0.3) is 0 Å². The van der Waals surface area contributed by atoms with E-state index >= 15 is 0 Å². The van der Waals surface area contributed by atoms with Crippen LogP contribution in [0.2, 0.25) is 0 Å². The molecule has 0 spiro atoms. The van der Waals surface area contributed by atoms with Crippen molar-refractivity contribution in [2.75, 3.05) is 26.2 Å². The summed E-state index contributed by atoms with van der Waals surface area (Å²) in [7, 11) is 0. The molecular formula is C16H34N2O. The lowest BCUT2D eigenvalue weighted by Gasteiger charge is -2.39. The Morgan fingerprint density at radius 2 is 2.00 bits per heavy atom. The summed E-state index contributed by atoms with van der Waals surface area (Å²) in [5.74, 6) is 0. The number of hydrogen-bond acceptors (Lipinski definition) is 3. The van der Waals surface area contributed by atoms with Crippen LogP contribution in [-0.4, -0.2) is 49.3 Å². The predicted octanol–water partition coefficient (Wildman–Crippen LogP) is 3.04. The molecule has 3 heteroatoms. The maximum absolute atomic E-state index is 6.03. The van der Waals surface area contributed by atoms with Crippen molar-refractivity contribution in [3.63, 3.8) is 0 Å². The molecule has 1 aliphatic heterocycles. The van der Waals surface area contributed by atoms with Gasteiger partial charge in [-0.05, 0) is 26.8 Å². The zero-order valence-corrected chi connectivity index (χ0v) is 13.5. The van der Waals surface area contributed by atoms with Crippen molar-refractivity contribution in [1.82, 2.24) is 10.2 Å². The fourth-order valence-electron chi connectivity index (χ4n) is 2.88. The van der Waals surface area contributed by atoms with E-state index in [-0.39, 0.29) is 0 Å². The van der Waals surface area contributed by atoms with Crippen LogP contribution in [0.25, 0.3) is 0 Å².